The number of carbonyl (C=O) groups is 2. The Labute approximate surface area is 228 Å². The summed E-state index contributed by atoms with van der Waals surface area (Å²) in [5.41, 5.74) is 11.5. The van der Waals surface area contributed by atoms with Crippen LogP contribution in [0.1, 0.15) is 108 Å². The third kappa shape index (κ3) is 18.0. The van der Waals surface area contributed by atoms with Crippen molar-refractivity contribution in [3.8, 4) is 0 Å². The highest BCUT2D eigenvalue weighted by atomic mass is 32.1. The second-order valence-corrected chi connectivity index (χ2v) is 10.6. The number of benzene rings is 1. The third-order valence-corrected chi connectivity index (χ3v) is 7.05. The molecule has 0 saturated heterocycles. The maximum Gasteiger partial charge on any atom is 0.196 e. The van der Waals surface area contributed by atoms with Gasteiger partial charge >= 0.3 is 0 Å². The number of thiazole rings is 1. The van der Waals surface area contributed by atoms with Gasteiger partial charge in [-0.15, -0.1) is 36.6 Å². The molecule has 5 nitrogen and oxygen atoms in total. The fourth-order valence-electron chi connectivity index (χ4n) is 3.34. The Balaban J connectivity index is 0.000000549. The Hall–Kier alpha value is -0.930. The van der Waals surface area contributed by atoms with Gasteiger partial charge in [0.2, 0.25) is 0 Å². The zero-order chi connectivity index (χ0) is 26.3. The van der Waals surface area contributed by atoms with Gasteiger partial charge in [-0.25, -0.2) is 4.98 Å². The number of unbranched alkanes of at least 4 members (excludes halogenated alkanes) is 10. The average molecular weight is 542 g/mol. The number of rotatable bonds is 16. The lowest BCUT2D eigenvalue weighted by atomic mass is 10.1. The lowest BCUT2D eigenvalue weighted by Gasteiger charge is -2.06. The minimum atomic E-state index is -0.597. The maximum absolute atomic E-state index is 11.4. The molecule has 2 aromatic rings. The molecular weight excluding hydrogens is 495 g/mol. The van der Waals surface area contributed by atoms with Gasteiger partial charge in [0.25, 0.3) is 0 Å². The van der Waals surface area contributed by atoms with Crippen molar-refractivity contribution in [3.05, 3.63) is 29.3 Å². The smallest absolute Gasteiger partial charge is 0.196 e. The fourth-order valence-corrected chi connectivity index (χ4v) is 4.89. The van der Waals surface area contributed by atoms with E-state index in [1.165, 1.54) is 88.4 Å². The fraction of sp³-hybridized carbons (Fsp3) is 0.667. The summed E-state index contributed by atoms with van der Waals surface area (Å²) in [7, 11) is 0. The molecular formula is C27H47N3O2S3. The van der Waals surface area contributed by atoms with E-state index >= 15 is 0 Å². The number of nitrogens with zero attached hydrogens (tertiary/aromatic N) is 1. The van der Waals surface area contributed by atoms with Crippen LogP contribution in [0, 0.1) is 0 Å². The summed E-state index contributed by atoms with van der Waals surface area (Å²) < 4.78 is 0.994. The molecule has 0 amide bonds. The number of hydrogen-bond donors (Lipinski definition) is 4. The molecule has 35 heavy (non-hydrogen) atoms. The van der Waals surface area contributed by atoms with E-state index < -0.39 is 5.92 Å². The van der Waals surface area contributed by atoms with E-state index in [0.29, 0.717) is 5.01 Å². The van der Waals surface area contributed by atoms with E-state index in [0.717, 1.165) is 23.3 Å². The van der Waals surface area contributed by atoms with Crippen LogP contribution in [-0.4, -0.2) is 28.3 Å². The molecule has 1 aromatic heterocycles. The van der Waals surface area contributed by atoms with Crippen molar-refractivity contribution in [1.29, 1.82) is 0 Å². The molecule has 1 unspecified atom stereocenters. The molecule has 200 valence electrons. The Morgan fingerprint density at radius 2 is 1.31 bits per heavy atom. The van der Waals surface area contributed by atoms with Crippen molar-refractivity contribution in [2.24, 2.45) is 11.5 Å². The van der Waals surface area contributed by atoms with Crippen LogP contribution in [0.2, 0.25) is 0 Å². The number of fused-ring (bicyclic) bond motifs is 1. The minimum Gasteiger partial charge on any atom is -0.330 e. The first kappa shape index (κ1) is 34.1. The van der Waals surface area contributed by atoms with Crippen LogP contribution < -0.4 is 11.5 Å². The van der Waals surface area contributed by atoms with Gasteiger partial charge < -0.3 is 11.5 Å². The zero-order valence-corrected chi connectivity index (χ0v) is 24.3. The quantitative estimate of drug-likeness (QED) is 0.132. The second kappa shape index (κ2) is 23.5. The Bertz CT molecular complexity index is 740. The molecule has 4 N–H and O–H groups in total. The molecule has 0 bridgehead atoms. The molecule has 0 saturated carbocycles. The van der Waals surface area contributed by atoms with Crippen molar-refractivity contribution < 1.29 is 9.59 Å². The summed E-state index contributed by atoms with van der Waals surface area (Å²) in [6, 6.07) is 7.59. The van der Waals surface area contributed by atoms with E-state index in [1.807, 2.05) is 24.3 Å². The van der Waals surface area contributed by atoms with Crippen LogP contribution >= 0.6 is 36.6 Å². The predicted octanol–water partition coefficient (Wildman–Crippen LogP) is 7.29. The highest BCUT2D eigenvalue weighted by Gasteiger charge is 2.23. The average Bonchev–Trinajstić information content (AvgIpc) is 3.27. The van der Waals surface area contributed by atoms with E-state index in [1.54, 1.807) is 0 Å². The molecule has 1 atom stereocenters. The van der Waals surface area contributed by atoms with Crippen LogP contribution in [0.4, 0.5) is 0 Å². The molecule has 0 aliphatic rings. The lowest BCUT2D eigenvalue weighted by molar-refractivity contribution is -0.116. The number of thiol groups is 2. The largest absolute Gasteiger partial charge is 0.330 e. The standard InChI is InChI=1S/C11H9NO2S3.2C8H19N/c13-9(15)5-6(11(14)16)10-12-7-3-1-2-4-8(7)17-10;2*1-2-3-4-5-6-7-8-9/h1-4,6H,5H2,(H,13,15)(H,14,16);2*2-9H2,1H3. The molecule has 0 aliphatic carbocycles. The molecule has 0 fully saturated rings. The maximum atomic E-state index is 11.4. The first-order chi connectivity index (χ1) is 16.9. The number of hydrogen-bond acceptors (Lipinski definition) is 6. The Morgan fingerprint density at radius 1 is 0.829 bits per heavy atom. The van der Waals surface area contributed by atoms with E-state index in [4.69, 9.17) is 11.5 Å². The number of para-hydroxylation sites is 1. The van der Waals surface area contributed by atoms with Crippen LogP contribution in [-0.2, 0) is 9.59 Å². The lowest BCUT2D eigenvalue weighted by Crippen LogP contribution is -2.09. The summed E-state index contributed by atoms with van der Waals surface area (Å²) in [6.07, 6.45) is 16.1. The van der Waals surface area contributed by atoms with Gasteiger partial charge in [0, 0.05) is 6.42 Å². The summed E-state index contributed by atoms with van der Waals surface area (Å²) >= 11 is 8.91. The van der Waals surface area contributed by atoms with Crippen molar-refractivity contribution in [1.82, 2.24) is 4.98 Å². The molecule has 2 rings (SSSR count). The van der Waals surface area contributed by atoms with Gasteiger partial charge in [0.05, 0.1) is 16.1 Å². The second-order valence-electron chi connectivity index (χ2n) is 8.62. The molecule has 0 aliphatic heterocycles. The molecule has 0 spiro atoms. The third-order valence-electron chi connectivity index (χ3n) is 5.40. The predicted molar refractivity (Wildman–Crippen MR) is 160 cm³/mol. The highest BCUT2D eigenvalue weighted by molar-refractivity contribution is 7.97. The first-order valence-corrected chi connectivity index (χ1v) is 14.8. The van der Waals surface area contributed by atoms with Gasteiger partial charge in [0.15, 0.2) is 10.2 Å². The SMILES string of the molecule is CCCCCCCCN.CCCCCCCCN.O=C(S)CC(C(=O)S)c1nc2ccccc2s1. The zero-order valence-electron chi connectivity index (χ0n) is 21.7. The van der Waals surface area contributed by atoms with E-state index in [2.05, 4.69) is 44.1 Å². The normalized spacial score (nSPS) is 11.3. The summed E-state index contributed by atoms with van der Waals surface area (Å²) in [4.78, 5) is 26.8. The molecule has 0 radical (unpaired) electrons. The number of carbonyl (C=O) groups excluding carboxylic acids is 2. The molecule has 1 heterocycles. The van der Waals surface area contributed by atoms with Crippen molar-refractivity contribution in [2.75, 3.05) is 13.1 Å². The van der Waals surface area contributed by atoms with Gasteiger partial charge in [0.1, 0.15) is 5.01 Å². The van der Waals surface area contributed by atoms with Crippen molar-refractivity contribution in [2.45, 2.75) is 103 Å². The van der Waals surface area contributed by atoms with Crippen LogP contribution in [0.25, 0.3) is 10.2 Å². The van der Waals surface area contributed by atoms with E-state index in [-0.39, 0.29) is 16.7 Å². The highest BCUT2D eigenvalue weighted by Crippen LogP contribution is 2.31. The van der Waals surface area contributed by atoms with Gasteiger partial charge in [-0.1, -0.05) is 90.2 Å². The van der Waals surface area contributed by atoms with Gasteiger partial charge in [-0.2, -0.15) is 0 Å². The van der Waals surface area contributed by atoms with Gasteiger partial charge in [-0.3, -0.25) is 9.59 Å². The number of nitrogens with two attached hydrogens (primary N) is 2. The number of aromatic nitrogens is 1. The Morgan fingerprint density at radius 3 is 1.74 bits per heavy atom. The topological polar surface area (TPSA) is 99.1 Å². The summed E-state index contributed by atoms with van der Waals surface area (Å²) in [5, 5.41) is -0.0725. The Kier molecular flexibility index (Phi) is 22.8. The van der Waals surface area contributed by atoms with Crippen LogP contribution in [0.3, 0.4) is 0 Å². The summed E-state index contributed by atoms with van der Waals surface area (Å²) in [6.45, 7) is 6.21. The monoisotopic (exact) mass is 541 g/mol. The van der Waals surface area contributed by atoms with Crippen molar-refractivity contribution in [3.63, 3.8) is 0 Å². The van der Waals surface area contributed by atoms with Crippen LogP contribution in [0.5, 0.6) is 0 Å². The minimum absolute atomic E-state index is 0.0330. The van der Waals surface area contributed by atoms with Crippen LogP contribution in [0.15, 0.2) is 24.3 Å². The van der Waals surface area contributed by atoms with E-state index in [9.17, 15) is 9.59 Å². The first-order valence-electron chi connectivity index (χ1n) is 13.1. The summed E-state index contributed by atoms with van der Waals surface area (Å²) in [5.74, 6) is -0.597. The molecule has 1 aromatic carbocycles. The van der Waals surface area contributed by atoms with Crippen molar-refractivity contribution >= 4 is 57.0 Å². The van der Waals surface area contributed by atoms with Gasteiger partial charge in [-0.05, 0) is 38.1 Å². The molecule has 8 heteroatoms.